The fourth-order valence-electron chi connectivity index (χ4n) is 0.684. The van der Waals surface area contributed by atoms with Crippen molar-refractivity contribution in [3.63, 3.8) is 0 Å². The summed E-state index contributed by atoms with van der Waals surface area (Å²) in [6, 6.07) is 5.52. The van der Waals surface area contributed by atoms with Gasteiger partial charge in [0.05, 0.1) is 0 Å². The van der Waals surface area contributed by atoms with Crippen LogP contribution in [0.25, 0.3) is 0 Å². The molecule has 0 fully saturated rings. The van der Waals surface area contributed by atoms with Gasteiger partial charge in [0.1, 0.15) is 5.82 Å². The Bertz CT molecular complexity index is 246. The molecule has 0 unspecified atom stereocenters. The Hall–Kier alpha value is -0.880. The molecule has 0 aliphatic carbocycles. The Morgan fingerprint density at radius 1 is 1.15 bits per heavy atom. The maximum Gasteiger partial charge on any atom is 0.491 e. The van der Waals surface area contributed by atoms with Gasteiger partial charge in [0.2, 0.25) is 0 Å². The van der Waals surface area contributed by atoms with E-state index in [-0.39, 0.29) is 13.1 Å². The van der Waals surface area contributed by atoms with Crippen molar-refractivity contribution in [1.82, 2.24) is 0 Å². The van der Waals surface area contributed by atoms with Crippen LogP contribution in [0.3, 0.4) is 0 Å². The minimum Gasteiger partial charge on any atom is -0.429 e. The highest BCUT2D eigenvalue weighted by atomic mass is 19.1. The second-order valence-electron chi connectivity index (χ2n) is 2.01. The predicted octanol–water partition coefficient (Wildman–Crippen LogP) is -1.99. The first kappa shape index (κ1) is 12.1. The topological polar surface area (TPSA) is 80.9 Å². The molecule has 4 nitrogen and oxygen atoms in total. The summed E-state index contributed by atoms with van der Waals surface area (Å²) in [5, 5.41) is 31.0. The van der Waals surface area contributed by atoms with Gasteiger partial charge in [0.25, 0.3) is 0 Å². The molecule has 4 N–H and O–H groups in total. The van der Waals surface area contributed by atoms with E-state index in [2.05, 4.69) is 0 Å². The summed E-state index contributed by atoms with van der Waals surface area (Å²) in [4.78, 5) is 0. The van der Waals surface area contributed by atoms with E-state index in [9.17, 15) is 4.39 Å². The van der Waals surface area contributed by atoms with E-state index in [4.69, 9.17) is 20.1 Å². The average Bonchev–Trinajstić information content (AvgIpc) is 2.06. The summed E-state index contributed by atoms with van der Waals surface area (Å²) < 4.78 is 12.5. The fraction of sp³-hybridized carbons (Fsp3) is 0. The molecular formula is C6H8B2FO4. The minimum absolute atomic E-state index is 0. The third-order valence-electron chi connectivity index (χ3n) is 1.18. The fourth-order valence-corrected chi connectivity index (χ4v) is 0.684. The monoisotopic (exact) mass is 185 g/mol. The maximum atomic E-state index is 12.5. The molecule has 1 aromatic carbocycles. The van der Waals surface area contributed by atoms with Crippen LogP contribution >= 0.6 is 0 Å². The lowest BCUT2D eigenvalue weighted by Crippen LogP contribution is -2.32. The van der Waals surface area contributed by atoms with Gasteiger partial charge in [-0.15, -0.1) is 0 Å². The summed E-state index contributed by atoms with van der Waals surface area (Å²) in [5.74, 6) is -0.600. The second-order valence-corrected chi connectivity index (χ2v) is 2.01. The molecule has 0 aliphatic rings. The van der Waals surface area contributed by atoms with E-state index in [0.717, 1.165) is 0 Å². The van der Waals surface area contributed by atoms with Crippen molar-refractivity contribution in [2.75, 3.05) is 0 Å². The van der Waals surface area contributed by atoms with Crippen LogP contribution in [0.5, 0.6) is 0 Å². The molecule has 0 spiro atoms. The van der Waals surface area contributed by atoms with Crippen molar-refractivity contribution in [3.8, 4) is 0 Å². The van der Waals surface area contributed by atoms with Gasteiger partial charge in [-0.1, -0.05) is 18.2 Å². The quantitative estimate of drug-likeness (QED) is 0.381. The lowest BCUT2D eigenvalue weighted by molar-refractivity contribution is 0.423. The molecule has 7 heteroatoms. The molecule has 0 amide bonds. The summed E-state index contributed by atoms with van der Waals surface area (Å²) in [5.41, 5.74) is -0.0949. The zero-order chi connectivity index (χ0) is 10.3. The first-order chi connectivity index (χ1) is 6.13. The van der Waals surface area contributed by atoms with Gasteiger partial charge < -0.3 is 20.1 Å². The van der Waals surface area contributed by atoms with Crippen molar-refractivity contribution in [1.29, 1.82) is 0 Å². The molecule has 1 aromatic rings. The SMILES string of the molecule is OB(O)c1ccccc1F.O[B]O. The highest BCUT2D eigenvalue weighted by Gasteiger charge is 2.14. The highest BCUT2D eigenvalue weighted by Crippen LogP contribution is 1.92. The van der Waals surface area contributed by atoms with Gasteiger partial charge in [0.15, 0.2) is 0 Å². The summed E-state index contributed by atoms with van der Waals surface area (Å²) in [6.45, 7) is 0. The van der Waals surface area contributed by atoms with E-state index in [1.807, 2.05) is 0 Å². The van der Waals surface area contributed by atoms with E-state index in [1.54, 1.807) is 0 Å². The second kappa shape index (κ2) is 6.62. The normalized spacial score (nSPS) is 8.38. The first-order valence-corrected chi connectivity index (χ1v) is 3.34. The van der Waals surface area contributed by atoms with Crippen LogP contribution in [0, 0.1) is 5.82 Å². The Kier molecular flexibility index (Phi) is 6.17. The van der Waals surface area contributed by atoms with E-state index < -0.39 is 12.9 Å². The molecule has 0 saturated heterocycles. The van der Waals surface area contributed by atoms with E-state index >= 15 is 0 Å². The number of hydrogen-bond donors (Lipinski definition) is 4. The smallest absolute Gasteiger partial charge is 0.429 e. The van der Waals surface area contributed by atoms with Crippen LogP contribution in [0.4, 0.5) is 4.39 Å². The van der Waals surface area contributed by atoms with Crippen LogP contribution in [-0.2, 0) is 0 Å². The number of halogens is 1. The molecule has 0 aromatic heterocycles. The van der Waals surface area contributed by atoms with Crippen molar-refractivity contribution >= 4 is 20.3 Å². The van der Waals surface area contributed by atoms with Crippen LogP contribution in [0.15, 0.2) is 24.3 Å². The number of rotatable bonds is 1. The average molecular weight is 185 g/mol. The van der Waals surface area contributed by atoms with Gasteiger partial charge >= 0.3 is 14.8 Å². The Morgan fingerprint density at radius 3 is 1.92 bits per heavy atom. The number of benzene rings is 1. The van der Waals surface area contributed by atoms with Crippen LogP contribution in [-0.4, -0.2) is 34.9 Å². The lowest BCUT2D eigenvalue weighted by atomic mass is 9.80. The van der Waals surface area contributed by atoms with Crippen molar-refractivity contribution < 1.29 is 24.5 Å². The summed E-state index contributed by atoms with van der Waals surface area (Å²) in [6.07, 6.45) is 0. The van der Waals surface area contributed by atoms with Crippen molar-refractivity contribution in [2.45, 2.75) is 0 Å². The minimum atomic E-state index is -1.72. The van der Waals surface area contributed by atoms with Crippen molar-refractivity contribution in [2.24, 2.45) is 0 Å². The highest BCUT2D eigenvalue weighted by molar-refractivity contribution is 6.58. The third kappa shape index (κ3) is 4.64. The van der Waals surface area contributed by atoms with Crippen LogP contribution in [0.1, 0.15) is 0 Å². The van der Waals surface area contributed by atoms with Gasteiger partial charge in [-0.2, -0.15) is 0 Å². The van der Waals surface area contributed by atoms with Gasteiger partial charge in [-0.05, 0) is 6.07 Å². The summed E-state index contributed by atoms with van der Waals surface area (Å²) >= 11 is 0. The van der Waals surface area contributed by atoms with Gasteiger partial charge in [-0.25, -0.2) is 4.39 Å². The first-order valence-electron chi connectivity index (χ1n) is 3.34. The molecule has 13 heavy (non-hydrogen) atoms. The Balaban J connectivity index is 0.000000424. The molecule has 69 valence electrons. The van der Waals surface area contributed by atoms with E-state index in [1.165, 1.54) is 24.3 Å². The van der Waals surface area contributed by atoms with Crippen molar-refractivity contribution in [3.05, 3.63) is 30.1 Å². The Labute approximate surface area is 75.7 Å². The third-order valence-corrected chi connectivity index (χ3v) is 1.18. The van der Waals surface area contributed by atoms with Gasteiger partial charge in [-0.3, -0.25) is 0 Å². The molecule has 0 saturated carbocycles. The molecule has 1 rings (SSSR count). The van der Waals surface area contributed by atoms with Crippen LogP contribution in [0.2, 0.25) is 0 Å². The van der Waals surface area contributed by atoms with Gasteiger partial charge in [0, 0.05) is 5.46 Å². The molecule has 0 bridgehead atoms. The molecular weight excluding hydrogens is 177 g/mol. The molecule has 0 heterocycles. The van der Waals surface area contributed by atoms with E-state index in [0.29, 0.717) is 0 Å². The largest absolute Gasteiger partial charge is 0.491 e. The zero-order valence-corrected chi connectivity index (χ0v) is 6.63. The maximum absolute atomic E-state index is 12.5. The zero-order valence-electron chi connectivity index (χ0n) is 6.63. The lowest BCUT2D eigenvalue weighted by Gasteiger charge is -1.98. The molecule has 1 radical (unpaired) electrons. The molecule has 0 aliphatic heterocycles. The molecule has 0 atom stereocenters. The van der Waals surface area contributed by atoms with Crippen LogP contribution < -0.4 is 5.46 Å². The summed E-state index contributed by atoms with van der Waals surface area (Å²) in [7, 11) is -1.72. The predicted molar refractivity (Wildman–Crippen MR) is 46.4 cm³/mol. The number of hydrogen-bond acceptors (Lipinski definition) is 4. The Morgan fingerprint density at radius 2 is 1.62 bits per heavy atom. The standard InChI is InChI=1S/C6H6BFO2.BH2O2/c8-6-4-2-1-3-5(6)7(9)10;2-1-3/h1-4,9-10H;2-3H.